The van der Waals surface area contributed by atoms with Crippen LogP contribution in [-0.4, -0.2) is 34.3 Å². The Bertz CT molecular complexity index is 904. The molecule has 1 aromatic heterocycles. The van der Waals surface area contributed by atoms with Crippen LogP contribution in [-0.2, 0) is 4.79 Å². The van der Waals surface area contributed by atoms with Crippen LogP contribution in [0.15, 0.2) is 41.4 Å². The van der Waals surface area contributed by atoms with Crippen LogP contribution in [0.1, 0.15) is 11.3 Å². The van der Waals surface area contributed by atoms with Crippen molar-refractivity contribution in [3.05, 3.63) is 52.7 Å². The molecule has 1 fully saturated rings. The van der Waals surface area contributed by atoms with Gasteiger partial charge in [0.1, 0.15) is 5.75 Å². The number of amides is 2. The number of rotatable bonds is 4. The number of carbonyl (C=O) groups is 2. The smallest absolute Gasteiger partial charge is 0.294 e. The van der Waals surface area contributed by atoms with E-state index in [1.807, 2.05) is 48.0 Å². The molecule has 0 aliphatic carbocycles. The van der Waals surface area contributed by atoms with E-state index in [1.54, 1.807) is 13.2 Å². The Hall–Kier alpha value is -2.91. The first-order valence-electron chi connectivity index (χ1n) is 7.55. The van der Waals surface area contributed by atoms with Crippen LogP contribution < -0.4 is 4.74 Å². The molecule has 1 aromatic carbocycles. The molecule has 3 rings (SSSR count). The molecule has 2 aromatic rings. The van der Waals surface area contributed by atoms with Gasteiger partial charge in [0.05, 0.1) is 18.6 Å². The molecule has 1 aliphatic rings. The van der Waals surface area contributed by atoms with E-state index in [9.17, 15) is 9.59 Å². The fourth-order valence-corrected chi connectivity index (χ4v) is 3.42. The molecule has 1 saturated heterocycles. The molecule has 0 N–H and O–H groups in total. The number of hydrogen-bond donors (Lipinski definition) is 0. The van der Waals surface area contributed by atoms with Gasteiger partial charge in [-0.3, -0.25) is 14.5 Å². The highest BCUT2D eigenvalue weighted by molar-refractivity contribution is 8.18. The van der Waals surface area contributed by atoms with Crippen molar-refractivity contribution in [1.29, 1.82) is 0 Å². The van der Waals surface area contributed by atoms with Crippen LogP contribution in [0.5, 0.6) is 5.75 Å². The van der Waals surface area contributed by atoms with Crippen LogP contribution in [0, 0.1) is 19.3 Å². The quantitative estimate of drug-likeness (QED) is 0.625. The highest BCUT2D eigenvalue weighted by atomic mass is 32.2. The van der Waals surface area contributed by atoms with Crippen molar-refractivity contribution in [2.45, 2.75) is 6.92 Å². The lowest BCUT2D eigenvalue weighted by Crippen LogP contribution is -2.28. The lowest BCUT2D eigenvalue weighted by atomic mass is 10.3. The Labute approximate surface area is 150 Å². The van der Waals surface area contributed by atoms with Gasteiger partial charge in [-0.15, -0.1) is 6.42 Å². The summed E-state index contributed by atoms with van der Waals surface area (Å²) in [6, 6.07) is 9.64. The van der Waals surface area contributed by atoms with Gasteiger partial charge < -0.3 is 9.30 Å². The van der Waals surface area contributed by atoms with Gasteiger partial charge in [0, 0.05) is 17.6 Å². The minimum absolute atomic E-state index is 0.00606. The zero-order valence-electron chi connectivity index (χ0n) is 13.9. The van der Waals surface area contributed by atoms with Gasteiger partial charge in [-0.05, 0) is 60.7 Å². The molecule has 25 heavy (non-hydrogen) atoms. The van der Waals surface area contributed by atoms with Crippen molar-refractivity contribution < 1.29 is 14.3 Å². The summed E-state index contributed by atoms with van der Waals surface area (Å²) in [4.78, 5) is 25.5. The number of ether oxygens (including phenoxy) is 1. The average Bonchev–Trinajstić information content (AvgIpc) is 3.10. The monoisotopic (exact) mass is 352 g/mol. The minimum atomic E-state index is -0.345. The predicted molar refractivity (Wildman–Crippen MR) is 98.6 cm³/mol. The van der Waals surface area contributed by atoms with Crippen molar-refractivity contribution in [2.24, 2.45) is 0 Å². The van der Waals surface area contributed by atoms with Gasteiger partial charge in [-0.25, -0.2) is 0 Å². The molecule has 0 spiro atoms. The van der Waals surface area contributed by atoms with Gasteiger partial charge in [0.15, 0.2) is 0 Å². The topological polar surface area (TPSA) is 51.5 Å². The average molecular weight is 352 g/mol. The number of aryl methyl sites for hydroxylation is 1. The molecule has 0 saturated carbocycles. The third-order valence-corrected chi connectivity index (χ3v) is 4.71. The number of terminal acetylenes is 1. The Balaban J connectivity index is 1.89. The van der Waals surface area contributed by atoms with Crippen LogP contribution >= 0.6 is 11.8 Å². The van der Waals surface area contributed by atoms with Crippen LogP contribution in [0.2, 0.25) is 0 Å². The molecule has 0 bridgehead atoms. The minimum Gasteiger partial charge on any atom is -0.497 e. The summed E-state index contributed by atoms with van der Waals surface area (Å²) >= 11 is 0.910. The van der Waals surface area contributed by atoms with Crippen molar-refractivity contribution in [3.8, 4) is 23.8 Å². The van der Waals surface area contributed by atoms with E-state index in [-0.39, 0.29) is 17.7 Å². The molecular weight excluding hydrogens is 336 g/mol. The Kier molecular flexibility index (Phi) is 4.68. The second kappa shape index (κ2) is 6.91. The molecule has 2 amide bonds. The van der Waals surface area contributed by atoms with E-state index in [0.29, 0.717) is 4.91 Å². The second-order valence-electron chi connectivity index (χ2n) is 5.45. The van der Waals surface area contributed by atoms with Gasteiger partial charge in [-0.1, -0.05) is 5.92 Å². The van der Waals surface area contributed by atoms with Gasteiger partial charge in [0.25, 0.3) is 11.1 Å². The summed E-state index contributed by atoms with van der Waals surface area (Å²) in [5, 5.41) is -0.333. The number of hydrogen-bond acceptors (Lipinski definition) is 4. The predicted octanol–water partition coefficient (Wildman–Crippen LogP) is 3.46. The van der Waals surface area contributed by atoms with E-state index in [1.165, 1.54) is 0 Å². The van der Waals surface area contributed by atoms with Crippen LogP contribution in [0.4, 0.5) is 4.79 Å². The van der Waals surface area contributed by atoms with Crippen molar-refractivity contribution >= 4 is 29.0 Å². The van der Waals surface area contributed by atoms with E-state index < -0.39 is 0 Å². The van der Waals surface area contributed by atoms with Crippen molar-refractivity contribution in [3.63, 3.8) is 0 Å². The van der Waals surface area contributed by atoms with Crippen LogP contribution in [0.3, 0.4) is 0 Å². The second-order valence-corrected chi connectivity index (χ2v) is 6.45. The summed E-state index contributed by atoms with van der Waals surface area (Å²) in [7, 11) is 1.63. The number of imide groups is 1. The van der Waals surface area contributed by atoms with E-state index in [0.717, 1.165) is 39.4 Å². The maximum Gasteiger partial charge on any atom is 0.294 e. The maximum atomic E-state index is 12.2. The SMILES string of the molecule is C#CCN1C(=O)S/C(=C/c2cc(C)n(-c3ccc(OC)cc3)c2)C1=O. The fraction of sp³-hybridized carbons (Fsp3) is 0.158. The Morgan fingerprint density at radius 2 is 2.00 bits per heavy atom. The number of thioether (sulfide) groups is 1. The summed E-state index contributed by atoms with van der Waals surface area (Å²) in [5.41, 5.74) is 2.84. The van der Waals surface area contributed by atoms with Gasteiger partial charge >= 0.3 is 0 Å². The van der Waals surface area contributed by atoms with E-state index in [2.05, 4.69) is 5.92 Å². The Morgan fingerprint density at radius 3 is 2.64 bits per heavy atom. The number of carbonyl (C=O) groups excluding carboxylic acids is 2. The lowest BCUT2D eigenvalue weighted by Gasteiger charge is -2.07. The molecule has 126 valence electrons. The zero-order chi connectivity index (χ0) is 18.0. The first kappa shape index (κ1) is 16.9. The third kappa shape index (κ3) is 3.32. The lowest BCUT2D eigenvalue weighted by molar-refractivity contribution is -0.122. The summed E-state index contributed by atoms with van der Waals surface area (Å²) in [5.74, 6) is 2.77. The maximum absolute atomic E-state index is 12.2. The molecule has 6 heteroatoms. The van der Waals surface area contributed by atoms with Crippen molar-refractivity contribution in [1.82, 2.24) is 9.47 Å². The molecular formula is C19H16N2O3S. The summed E-state index contributed by atoms with van der Waals surface area (Å²) < 4.78 is 7.18. The molecule has 5 nitrogen and oxygen atoms in total. The normalized spacial score (nSPS) is 15.7. The number of benzene rings is 1. The number of aromatic nitrogens is 1. The standard InChI is InChI=1S/C19H16N2O3S/c1-4-9-20-18(22)17(25-19(20)23)11-14-10-13(2)21(12-14)15-5-7-16(24-3)8-6-15/h1,5-8,10-12H,9H2,2-3H3/b17-11+. The zero-order valence-corrected chi connectivity index (χ0v) is 14.7. The molecule has 0 unspecified atom stereocenters. The number of nitrogens with zero attached hydrogens (tertiary/aromatic N) is 2. The third-order valence-electron chi connectivity index (χ3n) is 3.81. The van der Waals surface area contributed by atoms with Gasteiger partial charge in [0.2, 0.25) is 0 Å². The van der Waals surface area contributed by atoms with Crippen LogP contribution in [0.25, 0.3) is 11.8 Å². The van der Waals surface area contributed by atoms with Gasteiger partial charge in [-0.2, -0.15) is 0 Å². The first-order chi connectivity index (χ1) is 12.0. The molecule has 1 aliphatic heterocycles. The molecule has 0 atom stereocenters. The number of methoxy groups -OCH3 is 1. The highest BCUT2D eigenvalue weighted by Gasteiger charge is 2.34. The fourth-order valence-electron chi connectivity index (χ4n) is 2.58. The Morgan fingerprint density at radius 1 is 1.28 bits per heavy atom. The summed E-state index contributed by atoms with van der Waals surface area (Å²) in [6.45, 7) is 1.97. The van der Waals surface area contributed by atoms with E-state index >= 15 is 0 Å². The van der Waals surface area contributed by atoms with Crippen molar-refractivity contribution in [2.75, 3.05) is 13.7 Å². The van der Waals surface area contributed by atoms with E-state index in [4.69, 9.17) is 11.2 Å². The molecule has 2 heterocycles. The largest absolute Gasteiger partial charge is 0.497 e. The molecule has 0 radical (unpaired) electrons. The first-order valence-corrected chi connectivity index (χ1v) is 8.37. The summed E-state index contributed by atoms with van der Waals surface area (Å²) in [6.07, 6.45) is 8.84. The highest BCUT2D eigenvalue weighted by Crippen LogP contribution is 2.32.